The number of nitriles is 1. The van der Waals surface area contributed by atoms with Crippen molar-refractivity contribution in [1.29, 1.82) is 5.26 Å². The van der Waals surface area contributed by atoms with Crippen LogP contribution in [0, 0.1) is 11.3 Å². The summed E-state index contributed by atoms with van der Waals surface area (Å²) < 4.78 is 34.5. The summed E-state index contributed by atoms with van der Waals surface area (Å²) in [6.07, 6.45) is 2.97. The van der Waals surface area contributed by atoms with Gasteiger partial charge in [-0.15, -0.1) is 0 Å². The van der Waals surface area contributed by atoms with Gasteiger partial charge in [0.15, 0.2) is 11.5 Å². The highest BCUT2D eigenvalue weighted by molar-refractivity contribution is 7.89. The van der Waals surface area contributed by atoms with Crippen LogP contribution in [0.3, 0.4) is 0 Å². The van der Waals surface area contributed by atoms with Gasteiger partial charge in [0.05, 0.1) is 24.0 Å². The maximum Gasteiger partial charge on any atom is 0.327 e. The van der Waals surface area contributed by atoms with E-state index in [2.05, 4.69) is 19.7 Å². The van der Waals surface area contributed by atoms with E-state index in [1.807, 2.05) is 13.0 Å². The van der Waals surface area contributed by atoms with Gasteiger partial charge in [-0.1, -0.05) is 25.5 Å². The molecule has 0 fully saturated rings. The number of imidazole rings is 1. The molecule has 1 aromatic carbocycles. The molecule has 2 heterocycles. The first-order valence-corrected chi connectivity index (χ1v) is 12.2. The molecule has 12 heteroatoms. The lowest BCUT2D eigenvalue weighted by atomic mass is 10.2. The van der Waals surface area contributed by atoms with Gasteiger partial charge in [0.25, 0.3) is 0 Å². The van der Waals surface area contributed by atoms with Gasteiger partial charge in [-0.05, 0) is 37.0 Å². The molecule has 0 aliphatic carbocycles. The fourth-order valence-electron chi connectivity index (χ4n) is 3.21. The minimum absolute atomic E-state index is 0.117. The van der Waals surface area contributed by atoms with Crippen molar-refractivity contribution in [3.8, 4) is 12.1 Å². The quantitative estimate of drug-likeness (QED) is 0.334. The number of benzene rings is 1. The number of aromatic nitrogens is 4. The summed E-state index contributed by atoms with van der Waals surface area (Å²) in [6.45, 7) is 3.01. The number of aryl methyl sites for hydroxylation is 1. The van der Waals surface area contributed by atoms with Crippen molar-refractivity contribution in [2.45, 2.75) is 50.5 Å². The monoisotopic (exact) mass is 473 g/mol. The molecule has 3 aromatic rings. The van der Waals surface area contributed by atoms with Gasteiger partial charge in [-0.2, -0.15) is 15.2 Å². The zero-order valence-corrected chi connectivity index (χ0v) is 19.2. The number of anilines is 1. The Balaban J connectivity index is 1.61. The average Bonchev–Trinajstić information content (AvgIpc) is 3.10. The largest absolute Gasteiger partial charge is 0.463 e. The number of aromatic amines is 1. The summed E-state index contributed by atoms with van der Waals surface area (Å²) in [5, 5.41) is 8.79. The number of ether oxygens (including phenoxy) is 1. The number of hydrogen-bond donors (Lipinski definition) is 3. The molecule has 0 bridgehead atoms. The Bertz CT molecular complexity index is 1310. The van der Waals surface area contributed by atoms with Crippen molar-refractivity contribution in [1.82, 2.24) is 24.2 Å². The Morgan fingerprint density at radius 1 is 1.27 bits per heavy atom. The minimum atomic E-state index is -3.69. The normalized spacial score (nSPS) is 11.5. The molecular formula is C21H27N7O4S. The van der Waals surface area contributed by atoms with Crippen LogP contribution < -0.4 is 20.9 Å². The fourth-order valence-corrected chi connectivity index (χ4v) is 4.35. The van der Waals surface area contributed by atoms with E-state index in [4.69, 9.17) is 15.7 Å². The topological polar surface area (TPSA) is 169 Å². The Hall–Kier alpha value is -3.43. The number of sulfonamides is 1. The van der Waals surface area contributed by atoms with Crippen LogP contribution in [0.4, 0.5) is 5.82 Å². The Morgan fingerprint density at radius 3 is 2.85 bits per heavy atom. The second kappa shape index (κ2) is 10.9. The van der Waals surface area contributed by atoms with Crippen LogP contribution in [0.25, 0.3) is 11.2 Å². The lowest BCUT2D eigenvalue weighted by molar-refractivity contribution is 0.286. The summed E-state index contributed by atoms with van der Waals surface area (Å²) >= 11 is 0. The Labute approximate surface area is 191 Å². The molecule has 0 amide bonds. The zero-order valence-electron chi connectivity index (χ0n) is 18.4. The molecule has 4 N–H and O–H groups in total. The van der Waals surface area contributed by atoms with E-state index in [1.165, 1.54) is 16.7 Å². The first kappa shape index (κ1) is 24.2. The molecule has 2 aromatic heterocycles. The summed E-state index contributed by atoms with van der Waals surface area (Å²) in [7, 11) is -3.69. The third-order valence-corrected chi connectivity index (χ3v) is 6.41. The highest BCUT2D eigenvalue weighted by Crippen LogP contribution is 2.18. The number of fused-ring (bicyclic) bond motifs is 1. The number of nitrogens with two attached hydrogens (primary N) is 1. The maximum absolute atomic E-state index is 12.5. The van der Waals surface area contributed by atoms with E-state index in [-0.39, 0.29) is 35.4 Å². The number of rotatable bonds is 12. The summed E-state index contributed by atoms with van der Waals surface area (Å²) in [5.74, 6) is 0.133. The number of hydrogen-bond acceptors (Lipinski definition) is 8. The van der Waals surface area contributed by atoms with E-state index in [0.717, 1.165) is 12.8 Å². The van der Waals surface area contributed by atoms with Crippen LogP contribution in [0.1, 0.15) is 38.2 Å². The molecule has 33 heavy (non-hydrogen) atoms. The van der Waals surface area contributed by atoms with Crippen LogP contribution in [0.5, 0.6) is 6.01 Å². The smallest absolute Gasteiger partial charge is 0.327 e. The van der Waals surface area contributed by atoms with E-state index in [9.17, 15) is 13.2 Å². The molecule has 3 rings (SSSR count). The van der Waals surface area contributed by atoms with Gasteiger partial charge in [-0.3, -0.25) is 4.57 Å². The van der Waals surface area contributed by atoms with Crippen molar-refractivity contribution < 1.29 is 13.2 Å². The summed E-state index contributed by atoms with van der Waals surface area (Å²) in [5.41, 5.74) is 6.92. The molecule has 0 aliphatic heterocycles. The summed E-state index contributed by atoms with van der Waals surface area (Å²) in [4.78, 5) is 23.5. The van der Waals surface area contributed by atoms with Crippen LogP contribution >= 0.6 is 0 Å². The molecular weight excluding hydrogens is 446 g/mol. The molecule has 11 nitrogen and oxygen atoms in total. The number of nitrogen functional groups attached to an aromatic ring is 1. The second-order valence-electron chi connectivity index (χ2n) is 7.46. The second-order valence-corrected chi connectivity index (χ2v) is 9.23. The molecule has 0 spiro atoms. The predicted octanol–water partition coefficient (Wildman–Crippen LogP) is 1.71. The average molecular weight is 474 g/mol. The first-order chi connectivity index (χ1) is 15.9. The van der Waals surface area contributed by atoms with Gasteiger partial charge in [-0.25, -0.2) is 17.9 Å². The Kier molecular flexibility index (Phi) is 8.02. The molecule has 0 saturated carbocycles. The van der Waals surface area contributed by atoms with Gasteiger partial charge >= 0.3 is 11.7 Å². The maximum atomic E-state index is 12.5. The highest BCUT2D eigenvalue weighted by Gasteiger charge is 2.16. The molecule has 0 saturated heterocycles. The molecule has 0 aliphatic rings. The molecule has 0 radical (unpaired) electrons. The predicted molar refractivity (Wildman–Crippen MR) is 123 cm³/mol. The van der Waals surface area contributed by atoms with Gasteiger partial charge in [0.1, 0.15) is 5.52 Å². The van der Waals surface area contributed by atoms with Crippen LogP contribution in [-0.4, -0.2) is 41.1 Å². The van der Waals surface area contributed by atoms with Crippen LogP contribution in [0.15, 0.2) is 34.0 Å². The first-order valence-electron chi connectivity index (χ1n) is 10.7. The Morgan fingerprint density at radius 2 is 2.09 bits per heavy atom. The zero-order chi connectivity index (χ0) is 23.8. The van der Waals surface area contributed by atoms with Crippen LogP contribution in [-0.2, 0) is 23.0 Å². The van der Waals surface area contributed by atoms with Crippen LogP contribution in [0.2, 0.25) is 0 Å². The van der Waals surface area contributed by atoms with E-state index < -0.39 is 10.0 Å². The standard InChI is InChI=1S/C21H27N7O4S/c1-2-3-13-32-20-26-18(23)17-19(27-20)28(21(29)25-17)12-5-4-11-24-33(30,31)16-8-6-7-15(14-16)9-10-22/h6-8,14,24H,2-5,9,11-13H2,1H3,(H,25,29)(H2,23,26,27). The van der Waals surface area contributed by atoms with Crippen molar-refractivity contribution >= 4 is 27.0 Å². The molecule has 0 unspecified atom stereocenters. The molecule has 176 valence electrons. The lowest BCUT2D eigenvalue weighted by Crippen LogP contribution is -2.25. The van der Waals surface area contributed by atoms with Crippen molar-refractivity contribution in [2.24, 2.45) is 0 Å². The van der Waals surface area contributed by atoms with E-state index in [1.54, 1.807) is 12.1 Å². The SMILES string of the molecule is CCCCOc1nc(N)c2[nH]c(=O)n(CCCCNS(=O)(=O)c3cccc(CC#N)c3)c2n1. The highest BCUT2D eigenvalue weighted by atomic mass is 32.2. The van der Waals surface area contributed by atoms with Gasteiger partial charge < -0.3 is 15.5 Å². The van der Waals surface area contributed by atoms with Crippen molar-refractivity contribution in [3.63, 3.8) is 0 Å². The minimum Gasteiger partial charge on any atom is -0.463 e. The fraction of sp³-hybridized carbons (Fsp3) is 0.429. The third kappa shape index (κ3) is 6.09. The summed E-state index contributed by atoms with van der Waals surface area (Å²) in [6, 6.07) is 8.41. The molecule has 0 atom stereocenters. The number of unbranched alkanes of at least 4 members (excludes halogenated alkanes) is 2. The van der Waals surface area contributed by atoms with Gasteiger partial charge in [0.2, 0.25) is 10.0 Å². The lowest BCUT2D eigenvalue weighted by Gasteiger charge is -2.08. The number of nitrogens with one attached hydrogen (secondary N) is 2. The third-order valence-electron chi connectivity index (χ3n) is 4.95. The number of nitrogens with zero attached hydrogens (tertiary/aromatic N) is 4. The van der Waals surface area contributed by atoms with Gasteiger partial charge in [0, 0.05) is 13.1 Å². The number of H-pyrrole nitrogens is 1. The van der Waals surface area contributed by atoms with Crippen molar-refractivity contribution in [2.75, 3.05) is 18.9 Å². The van der Waals surface area contributed by atoms with Crippen molar-refractivity contribution in [3.05, 3.63) is 40.3 Å². The van der Waals surface area contributed by atoms with E-state index in [0.29, 0.717) is 42.7 Å². The van der Waals surface area contributed by atoms with E-state index >= 15 is 0 Å².